The Bertz CT molecular complexity index is 1020. The van der Waals surface area contributed by atoms with E-state index >= 15 is 0 Å². The highest BCUT2D eigenvalue weighted by molar-refractivity contribution is 8.14. The smallest absolute Gasteiger partial charge is 0.254 e. The number of carbonyl (C=O) groups is 1. The van der Waals surface area contributed by atoms with Crippen molar-refractivity contribution >= 4 is 39.7 Å². The summed E-state index contributed by atoms with van der Waals surface area (Å²) < 4.78 is 5.38. The number of thioether (sulfide) groups is 1. The van der Waals surface area contributed by atoms with E-state index in [0.717, 1.165) is 22.1 Å². The molecule has 1 aromatic heterocycles. The van der Waals surface area contributed by atoms with Crippen molar-refractivity contribution in [3.05, 3.63) is 57.9 Å². The van der Waals surface area contributed by atoms with Crippen molar-refractivity contribution in [2.75, 3.05) is 18.2 Å². The molecule has 2 heterocycles. The van der Waals surface area contributed by atoms with Crippen LogP contribution in [-0.4, -0.2) is 23.8 Å². The van der Waals surface area contributed by atoms with Crippen LogP contribution in [0.4, 0.5) is 5.69 Å². The van der Waals surface area contributed by atoms with E-state index in [1.165, 1.54) is 19.3 Å². The first kappa shape index (κ1) is 24.1. The number of nitrogens with one attached hydrogen (secondary N) is 1. The first-order chi connectivity index (χ1) is 15.6. The third kappa shape index (κ3) is 5.62. The zero-order valence-electron chi connectivity index (χ0n) is 18.8. The molecule has 5 nitrogen and oxygen atoms in total. The molecular formula is C25H29N3O2S2. The average molecular weight is 468 g/mol. The topological polar surface area (TPSA) is 74.5 Å². The van der Waals surface area contributed by atoms with E-state index < -0.39 is 5.92 Å². The van der Waals surface area contributed by atoms with Gasteiger partial charge in [0, 0.05) is 22.1 Å². The Morgan fingerprint density at radius 1 is 1.25 bits per heavy atom. The van der Waals surface area contributed by atoms with Gasteiger partial charge in [0.05, 0.1) is 23.9 Å². The van der Waals surface area contributed by atoms with Crippen molar-refractivity contribution in [2.45, 2.75) is 45.4 Å². The van der Waals surface area contributed by atoms with E-state index in [1.807, 2.05) is 36.6 Å². The molecule has 0 aliphatic carbocycles. The minimum Gasteiger partial charge on any atom is -0.495 e. The van der Waals surface area contributed by atoms with Crippen LogP contribution >= 0.6 is 23.1 Å². The third-order valence-electron chi connectivity index (χ3n) is 5.41. The highest BCUT2D eigenvalue weighted by atomic mass is 32.2. The van der Waals surface area contributed by atoms with Gasteiger partial charge >= 0.3 is 0 Å². The first-order valence-electron chi connectivity index (χ1n) is 10.9. The number of aliphatic imine (C=N–C) groups is 1. The Morgan fingerprint density at radius 2 is 2.06 bits per heavy atom. The molecule has 2 atom stereocenters. The summed E-state index contributed by atoms with van der Waals surface area (Å²) in [4.78, 5) is 19.2. The van der Waals surface area contributed by atoms with Crippen LogP contribution in [0.15, 0.2) is 58.0 Å². The normalized spacial score (nSPS) is 18.1. The number of rotatable bonds is 9. The first-order valence-corrected chi connectivity index (χ1v) is 12.8. The van der Waals surface area contributed by atoms with Gasteiger partial charge in [0.15, 0.2) is 0 Å². The van der Waals surface area contributed by atoms with Gasteiger partial charge in [0.1, 0.15) is 11.7 Å². The lowest BCUT2D eigenvalue weighted by atomic mass is 9.82. The van der Waals surface area contributed by atoms with Gasteiger partial charge in [0.2, 0.25) is 0 Å². The quantitative estimate of drug-likeness (QED) is 0.421. The number of anilines is 1. The summed E-state index contributed by atoms with van der Waals surface area (Å²) in [5.74, 6) is 0.453. The Labute approximate surface area is 198 Å². The molecule has 168 valence electrons. The van der Waals surface area contributed by atoms with E-state index in [2.05, 4.69) is 18.3 Å². The second-order valence-corrected chi connectivity index (χ2v) is 9.71. The Balaban J connectivity index is 1.92. The Kier molecular flexibility index (Phi) is 8.95. The van der Waals surface area contributed by atoms with Crippen LogP contribution in [-0.2, 0) is 4.79 Å². The SMILES string of the molecule is CCCCCCSC1=NC(C)=C(C(=O)Nc2ccccc2OC)[C@@H](c2cccs2)C1C#N. The molecule has 0 bridgehead atoms. The van der Waals surface area contributed by atoms with Crippen molar-refractivity contribution in [2.24, 2.45) is 10.9 Å². The van der Waals surface area contributed by atoms with Gasteiger partial charge in [0.25, 0.3) is 5.91 Å². The lowest BCUT2D eigenvalue weighted by Crippen LogP contribution is -2.31. The van der Waals surface area contributed by atoms with E-state index in [9.17, 15) is 10.1 Å². The van der Waals surface area contributed by atoms with Gasteiger partial charge in [-0.05, 0) is 42.7 Å². The number of nitrogens with zero attached hydrogens (tertiary/aromatic N) is 2. The van der Waals surface area contributed by atoms with Crippen molar-refractivity contribution in [3.8, 4) is 11.8 Å². The lowest BCUT2D eigenvalue weighted by Gasteiger charge is -2.29. The van der Waals surface area contributed by atoms with Crippen LogP contribution in [0.3, 0.4) is 0 Å². The maximum atomic E-state index is 13.4. The second kappa shape index (κ2) is 11.9. The van der Waals surface area contributed by atoms with Crippen LogP contribution in [0.1, 0.15) is 50.3 Å². The van der Waals surface area contributed by atoms with Crippen molar-refractivity contribution < 1.29 is 9.53 Å². The summed E-state index contributed by atoms with van der Waals surface area (Å²) in [6.45, 7) is 4.06. The highest BCUT2D eigenvalue weighted by Gasteiger charge is 2.39. The number of allylic oxidation sites excluding steroid dienone is 1. The van der Waals surface area contributed by atoms with Gasteiger partial charge in [-0.1, -0.05) is 44.4 Å². The molecule has 0 fully saturated rings. The minimum absolute atomic E-state index is 0.249. The zero-order valence-corrected chi connectivity index (χ0v) is 20.4. The molecule has 1 unspecified atom stereocenters. The molecule has 0 spiro atoms. The number of methoxy groups -OCH3 is 1. The molecule has 1 N–H and O–H groups in total. The number of ether oxygens (including phenoxy) is 1. The number of hydrogen-bond acceptors (Lipinski definition) is 6. The third-order valence-corrected chi connectivity index (χ3v) is 7.50. The number of hydrogen-bond donors (Lipinski definition) is 1. The number of carbonyl (C=O) groups excluding carboxylic acids is 1. The summed E-state index contributed by atoms with van der Waals surface area (Å²) in [6, 6.07) is 13.7. The van der Waals surface area contributed by atoms with Gasteiger partial charge in [-0.15, -0.1) is 23.1 Å². The molecular weight excluding hydrogens is 438 g/mol. The van der Waals surface area contributed by atoms with Crippen molar-refractivity contribution in [1.29, 1.82) is 5.26 Å². The van der Waals surface area contributed by atoms with Crippen LogP contribution in [0, 0.1) is 17.2 Å². The predicted molar refractivity (Wildman–Crippen MR) is 135 cm³/mol. The predicted octanol–water partition coefficient (Wildman–Crippen LogP) is 6.62. The number of amides is 1. The summed E-state index contributed by atoms with van der Waals surface area (Å²) in [5, 5.41) is 15.9. The summed E-state index contributed by atoms with van der Waals surface area (Å²) in [5.41, 5.74) is 1.80. The number of thiophene rings is 1. The highest BCUT2D eigenvalue weighted by Crippen LogP contribution is 2.43. The Morgan fingerprint density at radius 3 is 2.75 bits per heavy atom. The van der Waals surface area contributed by atoms with Crippen LogP contribution < -0.4 is 10.1 Å². The minimum atomic E-state index is -0.480. The number of nitriles is 1. The molecule has 0 radical (unpaired) electrons. The second-order valence-electron chi connectivity index (χ2n) is 7.61. The van der Waals surface area contributed by atoms with Crippen LogP contribution in [0.2, 0.25) is 0 Å². The van der Waals surface area contributed by atoms with E-state index in [4.69, 9.17) is 9.73 Å². The molecule has 32 heavy (non-hydrogen) atoms. The van der Waals surface area contributed by atoms with E-state index in [1.54, 1.807) is 42.3 Å². The molecule has 1 amide bonds. The fraction of sp³-hybridized carbons (Fsp3) is 0.400. The molecule has 7 heteroatoms. The number of unbranched alkanes of at least 4 members (excludes halogenated alkanes) is 3. The lowest BCUT2D eigenvalue weighted by molar-refractivity contribution is -0.113. The van der Waals surface area contributed by atoms with Gasteiger partial charge in [-0.3, -0.25) is 4.79 Å². The molecule has 1 aliphatic heterocycles. The summed E-state index contributed by atoms with van der Waals surface area (Å²) in [7, 11) is 1.57. The van der Waals surface area contributed by atoms with E-state index in [0.29, 0.717) is 22.7 Å². The van der Waals surface area contributed by atoms with Crippen molar-refractivity contribution in [3.63, 3.8) is 0 Å². The largest absolute Gasteiger partial charge is 0.495 e. The van der Waals surface area contributed by atoms with Gasteiger partial charge < -0.3 is 10.1 Å². The van der Waals surface area contributed by atoms with E-state index in [-0.39, 0.29) is 11.8 Å². The average Bonchev–Trinajstić information content (AvgIpc) is 3.33. The molecule has 0 saturated carbocycles. The fourth-order valence-corrected chi connectivity index (χ4v) is 5.80. The maximum absolute atomic E-state index is 13.4. The monoisotopic (exact) mass is 467 g/mol. The van der Waals surface area contributed by atoms with Gasteiger partial charge in [-0.25, -0.2) is 4.99 Å². The summed E-state index contributed by atoms with van der Waals surface area (Å²) >= 11 is 3.22. The summed E-state index contributed by atoms with van der Waals surface area (Å²) in [6.07, 6.45) is 4.70. The van der Waals surface area contributed by atoms with Crippen LogP contribution in [0.5, 0.6) is 5.75 Å². The van der Waals surface area contributed by atoms with Crippen LogP contribution in [0.25, 0.3) is 0 Å². The molecule has 3 rings (SSSR count). The van der Waals surface area contributed by atoms with Crippen molar-refractivity contribution in [1.82, 2.24) is 0 Å². The van der Waals surface area contributed by atoms with Gasteiger partial charge in [-0.2, -0.15) is 5.26 Å². The fourth-order valence-electron chi connectivity index (χ4n) is 3.80. The zero-order chi connectivity index (χ0) is 22.9. The molecule has 1 aliphatic rings. The molecule has 2 aromatic rings. The number of para-hydroxylation sites is 2. The number of benzene rings is 1. The standard InChI is InChI=1S/C25H29N3O2S2/c1-4-5-6-9-14-32-25-18(16-26)23(21-13-10-15-31-21)22(17(2)27-25)24(29)28-19-11-7-8-12-20(19)30-3/h7-8,10-13,15,18,23H,4-6,9,14H2,1-3H3,(H,28,29)/t18?,23-/m1/s1. The maximum Gasteiger partial charge on any atom is 0.254 e. The Hall–Kier alpha value is -2.56. The molecule has 0 saturated heterocycles. The molecule has 1 aromatic carbocycles.